The van der Waals surface area contributed by atoms with Crippen molar-refractivity contribution in [3.63, 3.8) is 0 Å². The number of aromatic nitrogens is 2. The molecule has 0 spiro atoms. The monoisotopic (exact) mass is 1020 g/mol. The molecule has 4 aromatic carbocycles. The molecule has 2 aromatic heterocycles. The Bertz CT molecular complexity index is 2590. The molecule has 0 amide bonds. The van der Waals surface area contributed by atoms with Crippen LogP contribution < -0.4 is 9.47 Å². The minimum atomic E-state index is -0.760. The number of ether oxygens (including phenoxy) is 5. The second-order valence-electron chi connectivity index (χ2n) is 17.4. The molecule has 2 saturated heterocycles. The highest BCUT2D eigenvalue weighted by molar-refractivity contribution is 9.10. The summed E-state index contributed by atoms with van der Waals surface area (Å²) in [5.41, 5.74) is 6.57. The van der Waals surface area contributed by atoms with Crippen LogP contribution in [0.15, 0.2) is 100 Å². The van der Waals surface area contributed by atoms with E-state index >= 15 is 0 Å². The van der Waals surface area contributed by atoms with Gasteiger partial charge in [0, 0.05) is 82.5 Å². The van der Waals surface area contributed by atoms with E-state index in [2.05, 4.69) is 99.6 Å². The largest absolute Gasteiger partial charge is 0.491 e. The molecule has 0 radical (unpaired) electrons. The van der Waals surface area contributed by atoms with Crippen molar-refractivity contribution in [3.05, 3.63) is 128 Å². The quantitative estimate of drug-likeness (QED) is 0.0421. The lowest BCUT2D eigenvalue weighted by atomic mass is 9.89. The molecule has 2 aliphatic rings. The van der Waals surface area contributed by atoms with Crippen LogP contribution in [0.2, 0.25) is 0 Å². The molecule has 0 unspecified atom stereocenters. The van der Waals surface area contributed by atoms with Gasteiger partial charge in [0.2, 0.25) is 0 Å². The average molecular weight is 1030 g/mol. The Morgan fingerprint density at radius 1 is 0.576 bits per heavy atom. The van der Waals surface area contributed by atoms with Crippen LogP contribution in [0.1, 0.15) is 88.8 Å². The molecule has 0 saturated carbocycles. The van der Waals surface area contributed by atoms with Gasteiger partial charge < -0.3 is 32.8 Å². The number of fused-ring (bicyclic) bond motifs is 2. The molecule has 0 N–H and O–H groups in total. The van der Waals surface area contributed by atoms with Gasteiger partial charge in [-0.2, -0.15) is 0 Å². The predicted octanol–water partition coefficient (Wildman–Crippen LogP) is 11.0. The molecule has 0 bridgehead atoms. The number of halogens is 2. The van der Waals surface area contributed by atoms with E-state index in [1.807, 2.05) is 32.9 Å². The fourth-order valence-electron chi connectivity index (χ4n) is 9.61. The SMILES string of the molecule is CCOCCn1cc(C2CCN(CCOc3ccccc3C(=O)OC(=O)c3cc(C)ccc3OCCN3CCC(c4cn(CCOCC)c5cc(Br)ccc45)CC3)CC2)c2ccc(Br)cc21. The first kappa shape index (κ1) is 48.0. The minimum absolute atomic E-state index is 0.207. The lowest BCUT2D eigenvalue weighted by Gasteiger charge is -2.32. The molecular weight excluding hydrogens is 964 g/mol. The van der Waals surface area contributed by atoms with Crippen LogP contribution in [0.4, 0.5) is 0 Å². The van der Waals surface area contributed by atoms with Crippen LogP contribution in [-0.2, 0) is 27.3 Å². The molecule has 11 nitrogen and oxygen atoms in total. The highest BCUT2D eigenvalue weighted by Crippen LogP contribution is 2.37. The van der Waals surface area contributed by atoms with Gasteiger partial charge in [-0.3, -0.25) is 9.80 Å². The number of esters is 2. The highest BCUT2D eigenvalue weighted by atomic mass is 79.9. The fraction of sp³-hybridized carbons (Fsp3) is 0.434. The van der Waals surface area contributed by atoms with Crippen molar-refractivity contribution in [1.29, 1.82) is 0 Å². The van der Waals surface area contributed by atoms with Crippen molar-refractivity contribution in [1.82, 2.24) is 18.9 Å². The van der Waals surface area contributed by atoms with E-state index in [-0.39, 0.29) is 11.1 Å². The number of piperidine rings is 2. The number of nitrogens with zero attached hydrogens (tertiary/aromatic N) is 4. The summed E-state index contributed by atoms with van der Waals surface area (Å²) in [5, 5.41) is 2.62. The zero-order valence-corrected chi connectivity index (χ0v) is 41.6. The Labute approximate surface area is 405 Å². The van der Waals surface area contributed by atoms with Gasteiger partial charge in [0.1, 0.15) is 35.8 Å². The first-order valence-electron chi connectivity index (χ1n) is 23.6. The number of para-hydroxylation sites is 1. The molecule has 2 fully saturated rings. The number of hydrogen-bond donors (Lipinski definition) is 0. The number of likely N-dealkylation sites (tertiary alicyclic amines) is 2. The van der Waals surface area contributed by atoms with Gasteiger partial charge in [-0.05, 0) is 144 Å². The van der Waals surface area contributed by atoms with E-state index in [4.69, 9.17) is 23.7 Å². The van der Waals surface area contributed by atoms with Gasteiger partial charge in [-0.25, -0.2) is 9.59 Å². The van der Waals surface area contributed by atoms with E-state index in [0.717, 1.165) is 92.6 Å². The van der Waals surface area contributed by atoms with Crippen molar-refractivity contribution < 1.29 is 33.3 Å². The Hall–Kier alpha value is -4.50. The lowest BCUT2D eigenvalue weighted by molar-refractivity contribution is 0.0392. The van der Waals surface area contributed by atoms with Gasteiger partial charge in [-0.1, -0.05) is 67.8 Å². The van der Waals surface area contributed by atoms with E-state index in [1.165, 1.54) is 32.9 Å². The molecule has 0 atom stereocenters. The van der Waals surface area contributed by atoms with Crippen molar-refractivity contribution >= 4 is 65.6 Å². The third-order valence-corrected chi connectivity index (χ3v) is 14.1. The van der Waals surface area contributed by atoms with Crippen molar-refractivity contribution in [2.45, 2.75) is 71.4 Å². The first-order valence-corrected chi connectivity index (χ1v) is 25.2. The maximum absolute atomic E-state index is 13.6. The Balaban J connectivity index is 0.808. The normalized spacial score (nSPS) is 15.5. The molecule has 13 heteroatoms. The summed E-state index contributed by atoms with van der Waals surface area (Å²) in [4.78, 5) is 32.0. The van der Waals surface area contributed by atoms with Gasteiger partial charge >= 0.3 is 11.9 Å². The number of hydrogen-bond acceptors (Lipinski definition) is 9. The molecule has 0 aliphatic carbocycles. The lowest BCUT2D eigenvalue weighted by Crippen LogP contribution is -2.36. The van der Waals surface area contributed by atoms with Crippen molar-refractivity contribution in [2.75, 3.05) is 78.9 Å². The molecule has 8 rings (SSSR count). The summed E-state index contributed by atoms with van der Waals surface area (Å²) in [6.07, 6.45) is 8.86. The summed E-state index contributed by atoms with van der Waals surface area (Å²) < 4.78 is 36.1. The topological polar surface area (TPSA) is 96.6 Å². The molecule has 6 aromatic rings. The number of carbonyl (C=O) groups excluding carboxylic acids is 2. The molecule has 2 aliphatic heterocycles. The van der Waals surface area contributed by atoms with Gasteiger partial charge in [0.25, 0.3) is 0 Å². The van der Waals surface area contributed by atoms with Gasteiger partial charge in [-0.15, -0.1) is 0 Å². The van der Waals surface area contributed by atoms with Crippen LogP contribution in [0.5, 0.6) is 11.5 Å². The number of benzene rings is 4. The average Bonchev–Trinajstić information content (AvgIpc) is 3.87. The summed E-state index contributed by atoms with van der Waals surface area (Å²) in [5.74, 6) is 0.217. The standard InChI is InChI=1S/C53H62Br2N4O7/c1-4-62-28-26-58-35-46(42-13-11-40(54)33-48(42)58)38-16-20-56(21-17-38)24-30-64-50-9-7-6-8-44(50)52(60)66-53(61)45-32-37(3)10-15-51(45)65-31-25-57-22-18-39(19-23-57)47-36-59(27-29-63-5-2)49-34-41(55)12-14-43(47)49/h6-15,32-36,38-39H,4-5,16-31H2,1-3H3. The van der Waals surface area contributed by atoms with Gasteiger partial charge in [0.05, 0.1) is 13.2 Å². The van der Waals surface area contributed by atoms with E-state index in [9.17, 15) is 9.59 Å². The predicted molar refractivity (Wildman–Crippen MR) is 267 cm³/mol. The highest BCUT2D eigenvalue weighted by Gasteiger charge is 2.27. The number of carbonyl (C=O) groups is 2. The van der Waals surface area contributed by atoms with E-state index < -0.39 is 11.9 Å². The minimum Gasteiger partial charge on any atom is -0.491 e. The summed E-state index contributed by atoms with van der Waals surface area (Å²) in [6.45, 7) is 16.5. The first-order chi connectivity index (χ1) is 32.2. The Morgan fingerprint density at radius 3 is 1.58 bits per heavy atom. The van der Waals surface area contributed by atoms with Crippen LogP contribution in [-0.4, -0.2) is 110 Å². The van der Waals surface area contributed by atoms with Crippen molar-refractivity contribution in [3.8, 4) is 11.5 Å². The number of aryl methyl sites for hydroxylation is 1. The fourth-order valence-corrected chi connectivity index (χ4v) is 10.3. The zero-order chi connectivity index (χ0) is 46.0. The van der Waals surface area contributed by atoms with Crippen LogP contribution >= 0.6 is 31.9 Å². The molecule has 350 valence electrons. The summed E-state index contributed by atoms with van der Waals surface area (Å²) in [7, 11) is 0. The second-order valence-corrected chi connectivity index (χ2v) is 19.2. The summed E-state index contributed by atoms with van der Waals surface area (Å²) in [6, 6.07) is 25.5. The van der Waals surface area contributed by atoms with Gasteiger partial charge in [0.15, 0.2) is 0 Å². The van der Waals surface area contributed by atoms with Crippen LogP contribution in [0.25, 0.3) is 21.8 Å². The zero-order valence-electron chi connectivity index (χ0n) is 38.4. The molecular formula is C53H62Br2N4O7. The van der Waals surface area contributed by atoms with E-state index in [1.54, 1.807) is 30.3 Å². The van der Waals surface area contributed by atoms with E-state index in [0.29, 0.717) is 63.0 Å². The summed E-state index contributed by atoms with van der Waals surface area (Å²) >= 11 is 7.32. The Kier molecular flexibility index (Phi) is 16.7. The third-order valence-electron chi connectivity index (χ3n) is 13.1. The van der Waals surface area contributed by atoms with Crippen LogP contribution in [0.3, 0.4) is 0 Å². The maximum atomic E-state index is 13.6. The van der Waals surface area contributed by atoms with Crippen molar-refractivity contribution in [2.24, 2.45) is 0 Å². The van der Waals surface area contributed by atoms with Crippen LogP contribution in [0, 0.1) is 6.92 Å². The third kappa shape index (κ3) is 11.8. The smallest absolute Gasteiger partial charge is 0.349 e. The molecule has 4 heterocycles. The number of rotatable bonds is 20. The Morgan fingerprint density at radius 2 is 1.06 bits per heavy atom. The maximum Gasteiger partial charge on any atom is 0.349 e. The molecule has 66 heavy (non-hydrogen) atoms. The second kappa shape index (κ2) is 23.0.